The average Bonchev–Trinajstić information content (AvgIpc) is 2.43. The highest BCUT2D eigenvalue weighted by Gasteiger charge is 2.35. The van der Waals surface area contributed by atoms with Crippen LogP contribution in [0.1, 0.15) is 51.9 Å². The van der Waals surface area contributed by atoms with E-state index in [1.54, 1.807) is 0 Å². The topological polar surface area (TPSA) is 69.6 Å². The molecule has 2 aliphatic rings. The third-order valence-electron chi connectivity index (χ3n) is 4.63. The monoisotopic (exact) mass is 282 g/mol. The highest BCUT2D eigenvalue weighted by molar-refractivity contribution is 5.75. The van der Waals surface area contributed by atoms with Crippen LogP contribution in [0.25, 0.3) is 0 Å². The summed E-state index contributed by atoms with van der Waals surface area (Å²) in [4.78, 5) is 24.9. The minimum Gasteiger partial charge on any atom is -0.481 e. The Morgan fingerprint density at radius 3 is 2.70 bits per heavy atom. The highest BCUT2D eigenvalue weighted by atomic mass is 16.4. The molecule has 1 saturated heterocycles. The zero-order valence-corrected chi connectivity index (χ0v) is 12.3. The van der Waals surface area contributed by atoms with Gasteiger partial charge in [0, 0.05) is 25.6 Å². The van der Waals surface area contributed by atoms with E-state index in [0.717, 1.165) is 19.4 Å². The second-order valence-electron chi connectivity index (χ2n) is 6.34. The lowest BCUT2D eigenvalue weighted by Gasteiger charge is -2.44. The maximum Gasteiger partial charge on any atom is 0.317 e. The summed E-state index contributed by atoms with van der Waals surface area (Å²) < 4.78 is 0. The van der Waals surface area contributed by atoms with Gasteiger partial charge in [0.15, 0.2) is 0 Å². The first-order valence-electron chi connectivity index (χ1n) is 7.84. The van der Waals surface area contributed by atoms with Crippen molar-refractivity contribution in [1.82, 2.24) is 10.2 Å². The van der Waals surface area contributed by atoms with Crippen LogP contribution in [0.4, 0.5) is 4.79 Å². The number of piperidine rings is 1. The van der Waals surface area contributed by atoms with E-state index in [0.29, 0.717) is 18.5 Å². The summed E-state index contributed by atoms with van der Waals surface area (Å²) in [6.07, 6.45) is 7.36. The molecule has 1 aliphatic heterocycles. The number of rotatable bonds is 4. The molecule has 0 radical (unpaired) electrons. The fourth-order valence-electron chi connectivity index (χ4n) is 3.61. The fraction of sp³-hybridized carbons (Fsp3) is 0.867. The van der Waals surface area contributed by atoms with Gasteiger partial charge in [-0.3, -0.25) is 4.79 Å². The van der Waals surface area contributed by atoms with Crippen molar-refractivity contribution in [1.29, 1.82) is 0 Å². The molecule has 2 N–H and O–H groups in total. The van der Waals surface area contributed by atoms with E-state index in [1.165, 1.54) is 25.7 Å². The Kier molecular flexibility index (Phi) is 5.26. The normalized spacial score (nSPS) is 27.6. The van der Waals surface area contributed by atoms with Gasteiger partial charge in [-0.1, -0.05) is 19.8 Å². The van der Waals surface area contributed by atoms with Crippen molar-refractivity contribution in [2.75, 3.05) is 13.1 Å². The first-order chi connectivity index (χ1) is 9.58. The highest BCUT2D eigenvalue weighted by Crippen LogP contribution is 2.35. The van der Waals surface area contributed by atoms with Crippen molar-refractivity contribution in [2.24, 2.45) is 11.8 Å². The predicted octanol–water partition coefficient (Wildman–Crippen LogP) is 2.46. The number of likely N-dealkylation sites (tertiary alicyclic amines) is 1. The van der Waals surface area contributed by atoms with E-state index in [4.69, 9.17) is 5.11 Å². The van der Waals surface area contributed by atoms with Crippen LogP contribution in [0.15, 0.2) is 0 Å². The van der Waals surface area contributed by atoms with Crippen molar-refractivity contribution in [3.8, 4) is 0 Å². The molecule has 2 rings (SSSR count). The van der Waals surface area contributed by atoms with Gasteiger partial charge in [0.25, 0.3) is 0 Å². The van der Waals surface area contributed by atoms with Crippen molar-refractivity contribution in [3.63, 3.8) is 0 Å². The van der Waals surface area contributed by atoms with Gasteiger partial charge < -0.3 is 15.3 Å². The van der Waals surface area contributed by atoms with Crippen LogP contribution in [0, 0.1) is 11.8 Å². The molecular formula is C15H26N2O3. The van der Waals surface area contributed by atoms with Crippen LogP contribution in [0.3, 0.4) is 0 Å². The molecule has 5 nitrogen and oxygen atoms in total. The molecule has 114 valence electrons. The zero-order valence-electron chi connectivity index (χ0n) is 12.3. The number of carbonyl (C=O) groups excluding carboxylic acids is 1. The van der Waals surface area contributed by atoms with Crippen molar-refractivity contribution in [3.05, 3.63) is 0 Å². The lowest BCUT2D eigenvalue weighted by molar-refractivity contribution is -0.137. The minimum atomic E-state index is -0.808. The van der Waals surface area contributed by atoms with E-state index >= 15 is 0 Å². The van der Waals surface area contributed by atoms with E-state index in [1.807, 2.05) is 11.8 Å². The van der Waals surface area contributed by atoms with Gasteiger partial charge in [0.1, 0.15) is 0 Å². The molecule has 0 spiro atoms. The maximum atomic E-state index is 12.3. The molecule has 1 heterocycles. The third-order valence-corrected chi connectivity index (χ3v) is 4.63. The molecule has 1 unspecified atom stereocenters. The van der Waals surface area contributed by atoms with Gasteiger partial charge in [0.2, 0.25) is 0 Å². The number of hydrogen-bond acceptors (Lipinski definition) is 2. The zero-order chi connectivity index (χ0) is 14.5. The molecule has 0 aromatic heterocycles. The number of hydrogen-bond donors (Lipinski definition) is 2. The number of urea groups is 1. The van der Waals surface area contributed by atoms with Crippen LogP contribution in [0.5, 0.6) is 0 Å². The molecule has 0 aromatic carbocycles. The predicted molar refractivity (Wildman–Crippen MR) is 76.5 cm³/mol. The number of nitrogens with one attached hydrogen (secondary N) is 1. The summed E-state index contributed by atoms with van der Waals surface area (Å²) in [6, 6.07) is 0.408. The number of fused-ring (bicyclic) bond motifs is 1. The van der Waals surface area contributed by atoms with E-state index in [-0.39, 0.29) is 18.4 Å². The van der Waals surface area contributed by atoms with Gasteiger partial charge >= 0.3 is 12.0 Å². The number of nitrogens with zero attached hydrogens (tertiary/aromatic N) is 1. The van der Waals surface area contributed by atoms with Crippen LogP contribution in [0.2, 0.25) is 0 Å². The molecule has 3 atom stereocenters. The molecule has 2 fully saturated rings. The summed E-state index contributed by atoms with van der Waals surface area (Å²) >= 11 is 0. The molecule has 2 amide bonds. The standard InChI is InChI=1S/C15H26N2O3/c1-11(9-14(18)19)10-16-15(20)17-8-4-6-12-5-2-3-7-13(12)17/h11-13H,2-10H2,1H3,(H,16,20)(H,18,19)/t11?,12-,13-/m1/s1. The van der Waals surface area contributed by atoms with Gasteiger partial charge in [-0.2, -0.15) is 0 Å². The fourth-order valence-corrected chi connectivity index (χ4v) is 3.61. The van der Waals surface area contributed by atoms with Crippen LogP contribution >= 0.6 is 0 Å². The SMILES string of the molecule is CC(CNC(=O)N1CCC[C@H]2CCCC[C@H]21)CC(=O)O. The number of carboxylic acids is 1. The summed E-state index contributed by atoms with van der Waals surface area (Å²) in [5, 5.41) is 11.6. The van der Waals surface area contributed by atoms with Crippen molar-refractivity contribution >= 4 is 12.0 Å². The Bertz CT molecular complexity index is 357. The number of aliphatic carboxylic acids is 1. The molecular weight excluding hydrogens is 256 g/mol. The summed E-state index contributed by atoms with van der Waals surface area (Å²) in [5.41, 5.74) is 0. The second kappa shape index (κ2) is 6.95. The number of carbonyl (C=O) groups is 2. The maximum absolute atomic E-state index is 12.3. The van der Waals surface area contributed by atoms with Gasteiger partial charge in [0.05, 0.1) is 0 Å². The van der Waals surface area contributed by atoms with Crippen LogP contribution in [-0.2, 0) is 4.79 Å². The second-order valence-corrected chi connectivity index (χ2v) is 6.34. The quantitative estimate of drug-likeness (QED) is 0.832. The van der Waals surface area contributed by atoms with Gasteiger partial charge in [-0.15, -0.1) is 0 Å². The molecule has 0 bridgehead atoms. The lowest BCUT2D eigenvalue weighted by Crippen LogP contribution is -2.53. The Balaban J connectivity index is 1.83. The Morgan fingerprint density at radius 1 is 1.25 bits per heavy atom. The van der Waals surface area contributed by atoms with Gasteiger partial charge in [-0.25, -0.2) is 4.79 Å². The van der Waals surface area contributed by atoms with Crippen molar-refractivity contribution < 1.29 is 14.7 Å². The molecule has 20 heavy (non-hydrogen) atoms. The smallest absolute Gasteiger partial charge is 0.317 e. The van der Waals surface area contributed by atoms with Crippen LogP contribution in [-0.4, -0.2) is 41.1 Å². The molecule has 1 saturated carbocycles. The molecule has 0 aromatic rings. The largest absolute Gasteiger partial charge is 0.481 e. The number of carboxylic acid groups (broad SMARTS) is 1. The average molecular weight is 282 g/mol. The van der Waals surface area contributed by atoms with E-state index in [2.05, 4.69) is 5.32 Å². The van der Waals surface area contributed by atoms with Crippen LogP contribution < -0.4 is 5.32 Å². The Hall–Kier alpha value is -1.26. The lowest BCUT2D eigenvalue weighted by atomic mass is 9.78. The van der Waals surface area contributed by atoms with Gasteiger partial charge in [-0.05, 0) is 37.5 Å². The summed E-state index contributed by atoms with van der Waals surface area (Å²) in [6.45, 7) is 3.15. The minimum absolute atomic E-state index is 0.00108. The summed E-state index contributed by atoms with van der Waals surface area (Å²) in [5.74, 6) is -0.153. The Labute approximate surface area is 120 Å². The van der Waals surface area contributed by atoms with E-state index < -0.39 is 5.97 Å². The van der Waals surface area contributed by atoms with Crippen molar-refractivity contribution in [2.45, 2.75) is 57.9 Å². The molecule has 1 aliphatic carbocycles. The molecule has 5 heteroatoms. The first-order valence-corrected chi connectivity index (χ1v) is 7.84. The summed E-state index contributed by atoms with van der Waals surface area (Å²) in [7, 11) is 0. The third kappa shape index (κ3) is 3.87. The Morgan fingerprint density at radius 2 is 1.95 bits per heavy atom. The first kappa shape index (κ1) is 15.1. The number of amides is 2. The van der Waals surface area contributed by atoms with E-state index in [9.17, 15) is 9.59 Å².